The summed E-state index contributed by atoms with van der Waals surface area (Å²) in [5.74, 6) is 3.51. The molecule has 0 aliphatic heterocycles. The molecule has 0 unspecified atom stereocenters. The number of nitrogens with zero attached hydrogens (tertiary/aromatic N) is 1. The maximum Gasteiger partial charge on any atom is 0.127 e. The van der Waals surface area contributed by atoms with E-state index < -0.39 is 0 Å². The molecule has 1 aromatic rings. The zero-order valence-corrected chi connectivity index (χ0v) is 21.3. The Hall–Kier alpha value is -1.36. The van der Waals surface area contributed by atoms with Crippen LogP contribution in [-0.2, 0) is 6.42 Å². The number of rotatable bonds is 13. The van der Waals surface area contributed by atoms with Crippen molar-refractivity contribution < 1.29 is 4.39 Å². The lowest BCUT2D eigenvalue weighted by Gasteiger charge is -2.38. The first-order valence-electron chi connectivity index (χ1n) is 14.4. The fourth-order valence-corrected chi connectivity index (χ4v) is 6.64. The van der Waals surface area contributed by atoms with Crippen LogP contribution in [0.4, 0.5) is 4.39 Å². The topological polar surface area (TPSA) is 23.8 Å². The Kier molecular flexibility index (Phi) is 11.8. The van der Waals surface area contributed by atoms with E-state index in [1.165, 1.54) is 115 Å². The summed E-state index contributed by atoms with van der Waals surface area (Å²) in [6, 6.07) is 6.97. The molecular weight excluding hydrogens is 405 g/mol. The smallest absolute Gasteiger partial charge is 0.127 e. The van der Waals surface area contributed by atoms with Gasteiger partial charge in [-0.15, -0.1) is 0 Å². The molecule has 2 saturated carbocycles. The summed E-state index contributed by atoms with van der Waals surface area (Å²) in [4.78, 5) is 0. The highest BCUT2D eigenvalue weighted by Gasteiger charge is 2.30. The van der Waals surface area contributed by atoms with E-state index in [1.54, 1.807) is 6.07 Å². The standard InChI is InChI=1S/C31H48FN/c1-2-3-4-5-6-7-8-9-10-25-11-17-28(18-12-25)29-19-13-26(14-20-29)15-21-30-22-16-27(24-33)23-31(30)32/h16,22-23,25-26,28-29H,2-15,17-21H2,1H3/t25-,26?,28-,29?. The quantitative estimate of drug-likeness (QED) is 0.273. The lowest BCUT2D eigenvalue weighted by molar-refractivity contribution is 0.140. The second kappa shape index (κ2) is 14.8. The second-order valence-electron chi connectivity index (χ2n) is 11.3. The van der Waals surface area contributed by atoms with Crippen molar-refractivity contribution >= 4 is 0 Å². The Bertz CT molecular complexity index is 704. The molecule has 184 valence electrons. The van der Waals surface area contributed by atoms with Gasteiger partial charge in [0.25, 0.3) is 0 Å². The number of halogens is 1. The van der Waals surface area contributed by atoms with Gasteiger partial charge in [0, 0.05) is 0 Å². The third kappa shape index (κ3) is 9.07. The van der Waals surface area contributed by atoms with E-state index in [1.807, 2.05) is 12.1 Å². The molecule has 0 aromatic heterocycles. The molecule has 0 saturated heterocycles. The van der Waals surface area contributed by atoms with Crippen LogP contribution < -0.4 is 0 Å². The van der Waals surface area contributed by atoms with Crippen LogP contribution in [0.5, 0.6) is 0 Å². The second-order valence-corrected chi connectivity index (χ2v) is 11.3. The summed E-state index contributed by atoms with van der Waals surface area (Å²) in [6.07, 6.45) is 26.3. The van der Waals surface area contributed by atoms with Crippen molar-refractivity contribution in [1.82, 2.24) is 0 Å². The highest BCUT2D eigenvalue weighted by Crippen LogP contribution is 2.43. The third-order valence-electron chi connectivity index (χ3n) is 8.92. The van der Waals surface area contributed by atoms with Gasteiger partial charge in [0.05, 0.1) is 11.6 Å². The molecule has 0 spiro atoms. The summed E-state index contributed by atoms with van der Waals surface area (Å²) in [7, 11) is 0. The molecule has 0 bridgehead atoms. The SMILES string of the molecule is CCCCCCCCCC[C@H]1CC[C@H](C2CCC(CCc3ccc(C#N)cc3F)CC2)CC1. The van der Waals surface area contributed by atoms with Crippen molar-refractivity contribution in [1.29, 1.82) is 5.26 Å². The lowest BCUT2D eigenvalue weighted by Crippen LogP contribution is -2.26. The molecular formula is C31H48FN. The van der Waals surface area contributed by atoms with E-state index in [0.29, 0.717) is 5.56 Å². The average Bonchev–Trinajstić information content (AvgIpc) is 2.85. The lowest BCUT2D eigenvalue weighted by atomic mass is 9.68. The van der Waals surface area contributed by atoms with Crippen LogP contribution >= 0.6 is 0 Å². The van der Waals surface area contributed by atoms with E-state index >= 15 is 0 Å². The molecule has 2 heteroatoms. The zero-order valence-electron chi connectivity index (χ0n) is 21.3. The Morgan fingerprint density at radius 2 is 1.30 bits per heavy atom. The molecule has 33 heavy (non-hydrogen) atoms. The van der Waals surface area contributed by atoms with Crippen molar-refractivity contribution in [2.45, 2.75) is 129 Å². The zero-order chi connectivity index (χ0) is 23.3. The summed E-state index contributed by atoms with van der Waals surface area (Å²) in [5.41, 5.74) is 1.20. The van der Waals surface area contributed by atoms with Crippen molar-refractivity contribution in [3.8, 4) is 6.07 Å². The van der Waals surface area contributed by atoms with Crippen LogP contribution in [0.2, 0.25) is 0 Å². The fraction of sp³-hybridized carbons (Fsp3) is 0.774. The molecule has 2 fully saturated rings. The van der Waals surface area contributed by atoms with Crippen molar-refractivity contribution in [2.24, 2.45) is 23.7 Å². The Morgan fingerprint density at radius 3 is 1.85 bits per heavy atom. The molecule has 3 rings (SSSR count). The highest BCUT2D eigenvalue weighted by atomic mass is 19.1. The van der Waals surface area contributed by atoms with Crippen LogP contribution in [0.1, 0.15) is 134 Å². The molecule has 0 N–H and O–H groups in total. The number of benzene rings is 1. The van der Waals surface area contributed by atoms with Gasteiger partial charge in [-0.1, -0.05) is 96.5 Å². The Balaban J connectivity index is 1.24. The van der Waals surface area contributed by atoms with Gasteiger partial charge in [0.15, 0.2) is 0 Å². The number of aryl methyl sites for hydroxylation is 1. The first-order chi connectivity index (χ1) is 16.2. The van der Waals surface area contributed by atoms with Crippen molar-refractivity contribution in [3.63, 3.8) is 0 Å². The summed E-state index contributed by atoms with van der Waals surface area (Å²) in [5, 5.41) is 8.91. The van der Waals surface area contributed by atoms with Gasteiger partial charge >= 0.3 is 0 Å². The third-order valence-corrected chi connectivity index (χ3v) is 8.92. The first-order valence-corrected chi connectivity index (χ1v) is 14.4. The Morgan fingerprint density at radius 1 is 0.758 bits per heavy atom. The molecule has 0 heterocycles. The number of unbranched alkanes of at least 4 members (excludes halogenated alkanes) is 7. The van der Waals surface area contributed by atoms with Gasteiger partial charge in [0.2, 0.25) is 0 Å². The molecule has 0 atom stereocenters. The molecule has 2 aliphatic carbocycles. The summed E-state index contributed by atoms with van der Waals surface area (Å²) < 4.78 is 14.1. The van der Waals surface area contributed by atoms with Gasteiger partial charge in [-0.3, -0.25) is 0 Å². The maximum absolute atomic E-state index is 14.1. The van der Waals surface area contributed by atoms with E-state index in [4.69, 9.17) is 5.26 Å². The van der Waals surface area contributed by atoms with Crippen LogP contribution in [0.15, 0.2) is 18.2 Å². The minimum Gasteiger partial charge on any atom is -0.207 e. The molecule has 2 aliphatic rings. The fourth-order valence-electron chi connectivity index (χ4n) is 6.64. The van der Waals surface area contributed by atoms with Crippen LogP contribution in [0.25, 0.3) is 0 Å². The number of hydrogen-bond donors (Lipinski definition) is 0. The van der Waals surface area contributed by atoms with E-state index in [-0.39, 0.29) is 5.82 Å². The predicted octanol–water partition coefficient (Wildman–Crippen LogP) is 9.77. The largest absolute Gasteiger partial charge is 0.207 e. The van der Waals surface area contributed by atoms with Gasteiger partial charge in [-0.2, -0.15) is 5.26 Å². The van der Waals surface area contributed by atoms with Gasteiger partial charge < -0.3 is 0 Å². The molecule has 0 radical (unpaired) electrons. The number of hydrogen-bond acceptors (Lipinski definition) is 1. The van der Waals surface area contributed by atoms with Crippen molar-refractivity contribution in [2.75, 3.05) is 0 Å². The summed E-state index contributed by atoms with van der Waals surface area (Å²) >= 11 is 0. The van der Waals surface area contributed by atoms with Crippen LogP contribution in [0.3, 0.4) is 0 Å². The summed E-state index contributed by atoms with van der Waals surface area (Å²) in [6.45, 7) is 2.30. The number of nitriles is 1. The normalized spacial score (nSPS) is 25.6. The van der Waals surface area contributed by atoms with Crippen LogP contribution in [0, 0.1) is 40.8 Å². The Labute approximate surface area is 203 Å². The minimum absolute atomic E-state index is 0.202. The van der Waals surface area contributed by atoms with Crippen molar-refractivity contribution in [3.05, 3.63) is 35.1 Å². The minimum atomic E-state index is -0.202. The maximum atomic E-state index is 14.1. The van der Waals surface area contributed by atoms with Crippen LogP contribution in [-0.4, -0.2) is 0 Å². The van der Waals surface area contributed by atoms with Gasteiger partial charge in [-0.25, -0.2) is 4.39 Å². The van der Waals surface area contributed by atoms with Gasteiger partial charge in [0.1, 0.15) is 5.82 Å². The highest BCUT2D eigenvalue weighted by molar-refractivity contribution is 5.32. The molecule has 0 amide bonds. The molecule has 1 nitrogen and oxygen atoms in total. The predicted molar refractivity (Wildman–Crippen MR) is 138 cm³/mol. The van der Waals surface area contributed by atoms with E-state index in [2.05, 4.69) is 6.92 Å². The molecule has 1 aromatic carbocycles. The van der Waals surface area contributed by atoms with Gasteiger partial charge in [-0.05, 0) is 79.9 Å². The van der Waals surface area contributed by atoms with E-state index in [0.717, 1.165) is 42.1 Å². The first kappa shape index (κ1) is 26.2. The monoisotopic (exact) mass is 453 g/mol. The van der Waals surface area contributed by atoms with E-state index in [9.17, 15) is 4.39 Å². The average molecular weight is 454 g/mol.